The second kappa shape index (κ2) is 7.43. The van der Waals surface area contributed by atoms with Crippen LogP contribution in [0.25, 0.3) is 11.3 Å². The number of hydrogen-bond donors (Lipinski definition) is 2. The largest absolute Gasteiger partial charge is 0.486 e. The summed E-state index contributed by atoms with van der Waals surface area (Å²) in [5.74, 6) is 2.61. The second-order valence-electron chi connectivity index (χ2n) is 7.99. The Balaban J connectivity index is 1.26. The van der Waals surface area contributed by atoms with Crippen molar-refractivity contribution in [3.63, 3.8) is 0 Å². The third-order valence-electron chi connectivity index (χ3n) is 5.90. The van der Waals surface area contributed by atoms with E-state index in [1.54, 1.807) is 0 Å². The van der Waals surface area contributed by atoms with E-state index in [1.807, 2.05) is 36.4 Å². The number of ether oxygens (including phenoxy) is 2. The van der Waals surface area contributed by atoms with Gasteiger partial charge in [-0.2, -0.15) is 0 Å². The van der Waals surface area contributed by atoms with Crippen molar-refractivity contribution >= 4 is 11.7 Å². The van der Waals surface area contributed by atoms with Gasteiger partial charge in [0.15, 0.2) is 11.5 Å². The number of amides is 1. The fourth-order valence-electron chi connectivity index (χ4n) is 4.67. The highest BCUT2D eigenvalue weighted by Gasteiger charge is 2.34. The van der Waals surface area contributed by atoms with Crippen LogP contribution < -0.4 is 20.1 Å². The van der Waals surface area contributed by atoms with E-state index in [1.165, 1.54) is 12.8 Å². The normalized spacial score (nSPS) is 25.4. The Bertz CT molecular complexity index is 873. The first kappa shape index (κ1) is 17.5. The fourth-order valence-corrected chi connectivity index (χ4v) is 4.67. The minimum absolute atomic E-state index is 0.0538. The van der Waals surface area contributed by atoms with E-state index in [-0.39, 0.29) is 5.91 Å². The molecule has 1 aromatic carbocycles. The van der Waals surface area contributed by atoms with Crippen molar-refractivity contribution in [2.75, 3.05) is 18.5 Å². The van der Waals surface area contributed by atoms with Crippen molar-refractivity contribution in [1.82, 2.24) is 10.3 Å². The number of aromatic nitrogens is 1. The molecule has 6 heteroatoms. The molecular formula is C22H25N3O3. The molecular weight excluding hydrogens is 354 g/mol. The lowest BCUT2D eigenvalue weighted by Gasteiger charge is -2.28. The van der Waals surface area contributed by atoms with Crippen LogP contribution in [0.1, 0.15) is 32.1 Å². The molecule has 0 saturated carbocycles. The predicted molar refractivity (Wildman–Crippen MR) is 107 cm³/mol. The highest BCUT2D eigenvalue weighted by molar-refractivity contribution is 5.90. The van der Waals surface area contributed by atoms with Crippen molar-refractivity contribution in [3.05, 3.63) is 36.4 Å². The number of benzene rings is 1. The molecule has 1 aromatic heterocycles. The number of carbonyl (C=O) groups is 1. The van der Waals surface area contributed by atoms with Crippen LogP contribution >= 0.6 is 0 Å². The number of piperidine rings is 1. The molecule has 0 spiro atoms. The van der Waals surface area contributed by atoms with Crippen molar-refractivity contribution in [1.29, 1.82) is 0 Å². The molecule has 2 atom stereocenters. The van der Waals surface area contributed by atoms with Crippen LogP contribution in [0.5, 0.6) is 11.5 Å². The van der Waals surface area contributed by atoms with Gasteiger partial charge < -0.3 is 20.1 Å². The van der Waals surface area contributed by atoms with Gasteiger partial charge in [-0.3, -0.25) is 4.79 Å². The first-order valence-electron chi connectivity index (χ1n) is 10.2. The van der Waals surface area contributed by atoms with Gasteiger partial charge >= 0.3 is 0 Å². The van der Waals surface area contributed by atoms with E-state index in [9.17, 15) is 4.79 Å². The zero-order valence-corrected chi connectivity index (χ0v) is 15.8. The maximum atomic E-state index is 12.5. The van der Waals surface area contributed by atoms with Crippen LogP contribution in [-0.4, -0.2) is 36.2 Å². The summed E-state index contributed by atoms with van der Waals surface area (Å²) in [6, 6.07) is 12.7. The monoisotopic (exact) mass is 379 g/mol. The predicted octanol–water partition coefficient (Wildman–Crippen LogP) is 3.38. The summed E-state index contributed by atoms with van der Waals surface area (Å²) in [5.41, 5.74) is 1.74. The SMILES string of the molecule is O=C(CC1CC2CCC(C1)N2)Nc1cccc(-c2ccc3c(c2)OCCO3)n1. The Morgan fingerprint density at radius 1 is 1.07 bits per heavy atom. The second-order valence-corrected chi connectivity index (χ2v) is 7.99. The standard InChI is InChI=1S/C22H25N3O3/c26-22(12-14-10-16-5-6-17(11-14)23-16)25-21-3-1-2-18(24-21)15-4-7-19-20(13-15)28-9-8-27-19/h1-4,7,13-14,16-17,23H,5-6,8-12H2,(H,24,25,26). The Kier molecular flexibility index (Phi) is 4.64. The Hall–Kier alpha value is -2.60. The molecule has 0 radical (unpaired) electrons. The lowest BCUT2D eigenvalue weighted by molar-refractivity contribution is -0.117. The van der Waals surface area contributed by atoms with Gasteiger partial charge in [-0.25, -0.2) is 4.98 Å². The minimum Gasteiger partial charge on any atom is -0.486 e. The number of nitrogens with one attached hydrogen (secondary N) is 2. The van der Waals surface area contributed by atoms with Gasteiger partial charge in [0.05, 0.1) is 5.69 Å². The molecule has 3 aliphatic heterocycles. The van der Waals surface area contributed by atoms with Crippen molar-refractivity contribution in [2.24, 2.45) is 5.92 Å². The Morgan fingerprint density at radius 3 is 2.68 bits per heavy atom. The van der Waals surface area contributed by atoms with E-state index >= 15 is 0 Å². The summed E-state index contributed by atoms with van der Waals surface area (Å²) in [7, 11) is 0. The molecule has 4 heterocycles. The Labute approximate surface area is 164 Å². The molecule has 2 aromatic rings. The summed E-state index contributed by atoms with van der Waals surface area (Å²) in [4.78, 5) is 17.2. The fraction of sp³-hybridized carbons (Fsp3) is 0.455. The van der Waals surface area contributed by atoms with Gasteiger partial charge in [0.25, 0.3) is 0 Å². The average Bonchev–Trinajstić information content (AvgIpc) is 3.06. The number of pyridine rings is 1. The third-order valence-corrected chi connectivity index (χ3v) is 5.90. The van der Waals surface area contributed by atoms with Crippen molar-refractivity contribution < 1.29 is 14.3 Å². The summed E-state index contributed by atoms with van der Waals surface area (Å²) in [5, 5.41) is 6.61. The molecule has 2 N–H and O–H groups in total. The molecule has 2 unspecified atom stereocenters. The highest BCUT2D eigenvalue weighted by Crippen LogP contribution is 2.35. The molecule has 3 aliphatic rings. The van der Waals surface area contributed by atoms with Crippen LogP contribution in [0.15, 0.2) is 36.4 Å². The molecule has 5 rings (SSSR count). The molecule has 1 amide bonds. The molecule has 28 heavy (non-hydrogen) atoms. The lowest BCUT2D eigenvalue weighted by atomic mass is 9.89. The number of carbonyl (C=O) groups excluding carboxylic acids is 1. The summed E-state index contributed by atoms with van der Waals surface area (Å²) in [6.07, 6.45) is 5.29. The summed E-state index contributed by atoms with van der Waals surface area (Å²) in [6.45, 7) is 1.13. The Morgan fingerprint density at radius 2 is 1.86 bits per heavy atom. The van der Waals surface area contributed by atoms with E-state index in [0.717, 1.165) is 35.6 Å². The first-order chi connectivity index (χ1) is 13.7. The number of anilines is 1. The average molecular weight is 379 g/mol. The van der Waals surface area contributed by atoms with E-state index < -0.39 is 0 Å². The van der Waals surface area contributed by atoms with Gasteiger partial charge in [-0.05, 0) is 61.9 Å². The maximum absolute atomic E-state index is 12.5. The number of hydrogen-bond acceptors (Lipinski definition) is 5. The van der Waals surface area contributed by atoms with Crippen molar-refractivity contribution in [2.45, 2.75) is 44.2 Å². The molecule has 146 valence electrons. The lowest BCUT2D eigenvalue weighted by Crippen LogP contribution is -2.39. The van der Waals surface area contributed by atoms with Crippen LogP contribution in [-0.2, 0) is 4.79 Å². The molecule has 2 bridgehead atoms. The van der Waals surface area contributed by atoms with Gasteiger partial charge in [0.2, 0.25) is 5.91 Å². The molecule has 2 saturated heterocycles. The van der Waals surface area contributed by atoms with Gasteiger partial charge in [0.1, 0.15) is 19.0 Å². The number of nitrogens with zero attached hydrogens (tertiary/aromatic N) is 1. The van der Waals surface area contributed by atoms with E-state index in [0.29, 0.717) is 43.5 Å². The topological polar surface area (TPSA) is 72.5 Å². The maximum Gasteiger partial charge on any atom is 0.225 e. The van der Waals surface area contributed by atoms with E-state index in [2.05, 4.69) is 15.6 Å². The summed E-state index contributed by atoms with van der Waals surface area (Å²) >= 11 is 0. The first-order valence-corrected chi connectivity index (χ1v) is 10.2. The van der Waals surface area contributed by atoms with Gasteiger partial charge in [-0.1, -0.05) is 6.07 Å². The summed E-state index contributed by atoms with van der Waals surface area (Å²) < 4.78 is 11.2. The zero-order valence-electron chi connectivity index (χ0n) is 15.8. The van der Waals surface area contributed by atoms with Gasteiger partial charge in [-0.15, -0.1) is 0 Å². The molecule has 6 nitrogen and oxygen atoms in total. The third kappa shape index (κ3) is 3.69. The van der Waals surface area contributed by atoms with Crippen LogP contribution in [0.4, 0.5) is 5.82 Å². The quantitative estimate of drug-likeness (QED) is 0.852. The number of rotatable bonds is 4. The van der Waals surface area contributed by atoms with Gasteiger partial charge in [0, 0.05) is 24.1 Å². The van der Waals surface area contributed by atoms with Crippen LogP contribution in [0.3, 0.4) is 0 Å². The van der Waals surface area contributed by atoms with Crippen LogP contribution in [0.2, 0.25) is 0 Å². The smallest absolute Gasteiger partial charge is 0.225 e. The zero-order chi connectivity index (χ0) is 18.9. The van der Waals surface area contributed by atoms with Crippen molar-refractivity contribution in [3.8, 4) is 22.8 Å². The molecule has 2 fully saturated rings. The van der Waals surface area contributed by atoms with E-state index in [4.69, 9.17) is 9.47 Å². The highest BCUT2D eigenvalue weighted by atomic mass is 16.6. The molecule has 0 aliphatic carbocycles. The number of fused-ring (bicyclic) bond motifs is 3. The minimum atomic E-state index is 0.0538. The van der Waals surface area contributed by atoms with Crippen LogP contribution in [0, 0.1) is 5.92 Å².